The minimum atomic E-state index is -3.72. The third-order valence-corrected chi connectivity index (χ3v) is 5.03. The molecule has 0 bridgehead atoms. The van der Waals surface area contributed by atoms with Crippen molar-refractivity contribution in [2.45, 2.75) is 37.6 Å². The van der Waals surface area contributed by atoms with Crippen LogP contribution < -0.4 is 4.72 Å². The van der Waals surface area contributed by atoms with E-state index in [1.807, 2.05) is 30.3 Å². The Morgan fingerprint density at radius 3 is 2.41 bits per heavy atom. The first kappa shape index (κ1) is 16.7. The molecular formula is C16H21NO4S. The molecule has 0 saturated heterocycles. The maximum absolute atomic E-state index is 12.3. The van der Waals surface area contributed by atoms with Crippen molar-refractivity contribution in [3.63, 3.8) is 0 Å². The summed E-state index contributed by atoms with van der Waals surface area (Å²) in [6.07, 6.45) is 5.06. The Bertz CT molecular complexity index is 631. The van der Waals surface area contributed by atoms with E-state index in [1.54, 1.807) is 0 Å². The molecule has 120 valence electrons. The van der Waals surface area contributed by atoms with Crippen LogP contribution in [0, 0.1) is 0 Å². The Morgan fingerprint density at radius 1 is 1.18 bits per heavy atom. The summed E-state index contributed by atoms with van der Waals surface area (Å²) in [6, 6.07) is 9.14. The number of ether oxygens (including phenoxy) is 1. The predicted octanol–water partition coefficient (Wildman–Crippen LogP) is 2.45. The molecule has 1 aliphatic rings. The number of benzene rings is 1. The molecular weight excluding hydrogens is 302 g/mol. The van der Waals surface area contributed by atoms with E-state index in [0.29, 0.717) is 12.8 Å². The lowest BCUT2D eigenvalue weighted by atomic mass is 9.83. The van der Waals surface area contributed by atoms with Crippen molar-refractivity contribution >= 4 is 22.1 Å². The van der Waals surface area contributed by atoms with Gasteiger partial charge in [-0.2, -0.15) is 4.72 Å². The summed E-state index contributed by atoms with van der Waals surface area (Å²) in [5, 5.41) is 1.10. The predicted molar refractivity (Wildman–Crippen MR) is 85.4 cm³/mol. The number of sulfonamides is 1. The van der Waals surface area contributed by atoms with Gasteiger partial charge in [-0.1, -0.05) is 49.6 Å². The van der Waals surface area contributed by atoms with E-state index in [1.165, 1.54) is 13.2 Å². The first-order valence-corrected chi connectivity index (χ1v) is 8.88. The van der Waals surface area contributed by atoms with Gasteiger partial charge in [0.25, 0.3) is 0 Å². The second-order valence-corrected chi connectivity index (χ2v) is 7.06. The van der Waals surface area contributed by atoms with Crippen LogP contribution in [0.2, 0.25) is 0 Å². The van der Waals surface area contributed by atoms with Gasteiger partial charge in [-0.3, -0.25) is 4.79 Å². The van der Waals surface area contributed by atoms with Crippen LogP contribution in [0.25, 0.3) is 6.08 Å². The number of methoxy groups -OCH3 is 1. The van der Waals surface area contributed by atoms with Gasteiger partial charge in [-0.05, 0) is 24.5 Å². The molecule has 22 heavy (non-hydrogen) atoms. The molecule has 1 aliphatic carbocycles. The summed E-state index contributed by atoms with van der Waals surface area (Å²) in [6.45, 7) is 0. The molecule has 0 aromatic heterocycles. The van der Waals surface area contributed by atoms with Gasteiger partial charge >= 0.3 is 5.97 Å². The number of rotatable bonds is 5. The standard InChI is InChI=1S/C16H21NO4S/c1-21-15(18)16(11-6-3-7-12-16)17-22(19,20)13-10-14-8-4-2-5-9-14/h2,4-5,8-10,13,17H,3,6-7,11-12H2,1H3/b13-10+. The summed E-state index contributed by atoms with van der Waals surface area (Å²) in [5.74, 6) is -0.510. The smallest absolute Gasteiger partial charge is 0.327 e. The summed E-state index contributed by atoms with van der Waals surface area (Å²) in [7, 11) is -2.44. The van der Waals surface area contributed by atoms with Gasteiger partial charge < -0.3 is 4.74 Å². The topological polar surface area (TPSA) is 72.5 Å². The second-order valence-electron chi connectivity index (χ2n) is 5.49. The molecule has 6 heteroatoms. The SMILES string of the molecule is COC(=O)C1(NS(=O)(=O)/C=C/c2ccccc2)CCCCC1. The Labute approximate surface area is 131 Å². The van der Waals surface area contributed by atoms with Gasteiger partial charge in [0.15, 0.2) is 0 Å². The normalized spacial score (nSPS) is 18.2. The van der Waals surface area contributed by atoms with Crippen LogP contribution in [0.4, 0.5) is 0 Å². The van der Waals surface area contributed by atoms with Gasteiger partial charge in [-0.25, -0.2) is 8.42 Å². The van der Waals surface area contributed by atoms with E-state index in [4.69, 9.17) is 4.74 Å². The zero-order valence-electron chi connectivity index (χ0n) is 12.6. The van der Waals surface area contributed by atoms with Gasteiger partial charge in [0.2, 0.25) is 10.0 Å². The molecule has 1 fully saturated rings. The number of hydrogen-bond acceptors (Lipinski definition) is 4. The Kier molecular flexibility index (Phi) is 5.37. The fourth-order valence-electron chi connectivity index (χ4n) is 2.74. The zero-order chi connectivity index (χ0) is 16.1. The molecule has 1 aromatic carbocycles. The van der Waals surface area contributed by atoms with Crippen molar-refractivity contribution in [2.24, 2.45) is 0 Å². The van der Waals surface area contributed by atoms with Crippen LogP contribution in [-0.2, 0) is 19.6 Å². The van der Waals surface area contributed by atoms with Crippen molar-refractivity contribution in [3.05, 3.63) is 41.3 Å². The van der Waals surface area contributed by atoms with Crippen molar-refractivity contribution in [1.82, 2.24) is 4.72 Å². The molecule has 0 heterocycles. The van der Waals surface area contributed by atoms with E-state index in [9.17, 15) is 13.2 Å². The van der Waals surface area contributed by atoms with Crippen LogP contribution in [0.3, 0.4) is 0 Å². The summed E-state index contributed by atoms with van der Waals surface area (Å²) < 4.78 is 31.9. The maximum atomic E-state index is 12.3. The molecule has 0 amide bonds. The maximum Gasteiger partial charge on any atom is 0.327 e. The highest BCUT2D eigenvalue weighted by molar-refractivity contribution is 7.92. The number of hydrogen-bond donors (Lipinski definition) is 1. The first-order valence-electron chi connectivity index (χ1n) is 7.33. The monoisotopic (exact) mass is 323 g/mol. The molecule has 0 radical (unpaired) electrons. The minimum absolute atomic E-state index is 0.470. The van der Waals surface area contributed by atoms with Crippen LogP contribution >= 0.6 is 0 Å². The molecule has 0 spiro atoms. The average Bonchev–Trinajstić information content (AvgIpc) is 2.53. The molecule has 0 unspecified atom stereocenters. The zero-order valence-corrected chi connectivity index (χ0v) is 13.4. The summed E-state index contributed by atoms with van der Waals surface area (Å²) >= 11 is 0. The minimum Gasteiger partial charge on any atom is -0.468 e. The largest absolute Gasteiger partial charge is 0.468 e. The van der Waals surface area contributed by atoms with Gasteiger partial charge in [0, 0.05) is 5.41 Å². The van der Waals surface area contributed by atoms with Crippen molar-refractivity contribution in [2.75, 3.05) is 7.11 Å². The summed E-state index contributed by atoms with van der Waals surface area (Å²) in [4.78, 5) is 12.1. The quantitative estimate of drug-likeness (QED) is 0.845. The lowest BCUT2D eigenvalue weighted by molar-refractivity contribution is -0.149. The fraction of sp³-hybridized carbons (Fsp3) is 0.438. The highest BCUT2D eigenvalue weighted by Gasteiger charge is 2.43. The van der Waals surface area contributed by atoms with Crippen LogP contribution in [0.1, 0.15) is 37.7 Å². The van der Waals surface area contributed by atoms with Crippen molar-refractivity contribution in [3.8, 4) is 0 Å². The first-order chi connectivity index (χ1) is 10.5. The molecule has 1 N–H and O–H groups in total. The Balaban J connectivity index is 2.18. The number of esters is 1. The second kappa shape index (κ2) is 7.07. The third kappa shape index (κ3) is 4.18. The number of nitrogens with one attached hydrogen (secondary N) is 1. The fourth-order valence-corrected chi connectivity index (χ4v) is 3.97. The molecule has 2 rings (SSSR count). The average molecular weight is 323 g/mol. The molecule has 1 saturated carbocycles. The summed E-state index contributed by atoms with van der Waals surface area (Å²) in [5.41, 5.74) is -0.351. The van der Waals surface area contributed by atoms with Crippen LogP contribution in [-0.4, -0.2) is 27.0 Å². The van der Waals surface area contributed by atoms with Gasteiger partial charge in [0.05, 0.1) is 7.11 Å². The van der Waals surface area contributed by atoms with Gasteiger partial charge in [-0.15, -0.1) is 0 Å². The Hall–Kier alpha value is -1.66. The van der Waals surface area contributed by atoms with Crippen molar-refractivity contribution < 1.29 is 17.9 Å². The lowest BCUT2D eigenvalue weighted by Crippen LogP contribution is -2.55. The van der Waals surface area contributed by atoms with E-state index in [2.05, 4.69) is 4.72 Å². The van der Waals surface area contributed by atoms with E-state index in [-0.39, 0.29) is 0 Å². The molecule has 0 aliphatic heterocycles. The van der Waals surface area contributed by atoms with E-state index >= 15 is 0 Å². The van der Waals surface area contributed by atoms with Gasteiger partial charge in [0.1, 0.15) is 5.54 Å². The Morgan fingerprint density at radius 2 is 1.82 bits per heavy atom. The number of carbonyl (C=O) groups is 1. The lowest BCUT2D eigenvalue weighted by Gasteiger charge is -2.34. The van der Waals surface area contributed by atoms with Crippen LogP contribution in [0.5, 0.6) is 0 Å². The highest BCUT2D eigenvalue weighted by atomic mass is 32.2. The molecule has 0 atom stereocenters. The van der Waals surface area contributed by atoms with Crippen molar-refractivity contribution in [1.29, 1.82) is 0 Å². The third-order valence-electron chi connectivity index (χ3n) is 3.86. The van der Waals surface area contributed by atoms with E-state index in [0.717, 1.165) is 30.2 Å². The van der Waals surface area contributed by atoms with E-state index < -0.39 is 21.5 Å². The highest BCUT2D eigenvalue weighted by Crippen LogP contribution is 2.30. The number of carbonyl (C=O) groups excluding carboxylic acids is 1. The van der Waals surface area contributed by atoms with Crippen LogP contribution in [0.15, 0.2) is 35.7 Å². The molecule has 5 nitrogen and oxygen atoms in total. The molecule has 1 aromatic rings.